The third-order valence-corrected chi connectivity index (χ3v) is 4.33. The van der Waals surface area contributed by atoms with Crippen molar-refractivity contribution in [1.29, 1.82) is 0 Å². The number of esters is 1. The molecular formula is C23H26N2O6. The number of methoxy groups -OCH3 is 1. The van der Waals surface area contributed by atoms with Crippen molar-refractivity contribution in [2.45, 2.75) is 26.2 Å². The Morgan fingerprint density at radius 2 is 1.55 bits per heavy atom. The summed E-state index contributed by atoms with van der Waals surface area (Å²) in [6, 6.07) is 13.6. The normalized spacial score (nSPS) is 10.1. The predicted molar refractivity (Wildman–Crippen MR) is 115 cm³/mol. The minimum absolute atomic E-state index is 0.0593. The van der Waals surface area contributed by atoms with Crippen LogP contribution in [0.5, 0.6) is 5.75 Å². The van der Waals surface area contributed by atoms with Crippen molar-refractivity contribution in [3.05, 3.63) is 59.7 Å². The molecule has 0 saturated carbocycles. The molecule has 2 N–H and O–H groups in total. The van der Waals surface area contributed by atoms with E-state index in [9.17, 15) is 19.2 Å². The second kappa shape index (κ2) is 12.1. The van der Waals surface area contributed by atoms with Gasteiger partial charge in [0.2, 0.25) is 11.8 Å². The maximum Gasteiger partial charge on any atom is 0.325 e. The summed E-state index contributed by atoms with van der Waals surface area (Å²) in [7, 11) is 1.25. The van der Waals surface area contributed by atoms with Crippen LogP contribution in [-0.2, 0) is 25.5 Å². The maximum absolute atomic E-state index is 12.2. The van der Waals surface area contributed by atoms with Gasteiger partial charge in [0.15, 0.2) is 5.78 Å². The lowest BCUT2D eigenvalue weighted by atomic mass is 10.1. The highest BCUT2D eigenvalue weighted by molar-refractivity contribution is 6.00. The van der Waals surface area contributed by atoms with Crippen LogP contribution < -0.4 is 15.4 Å². The van der Waals surface area contributed by atoms with E-state index in [1.54, 1.807) is 48.5 Å². The first-order valence-corrected chi connectivity index (χ1v) is 9.89. The van der Waals surface area contributed by atoms with Gasteiger partial charge in [0.25, 0.3) is 0 Å². The molecule has 0 aliphatic heterocycles. The minimum atomic E-state index is -0.521. The summed E-state index contributed by atoms with van der Waals surface area (Å²) >= 11 is 0. The van der Waals surface area contributed by atoms with Crippen molar-refractivity contribution >= 4 is 29.3 Å². The number of Topliss-reactive ketones (excluding diaryl/α,β-unsaturated/α-hetero) is 1. The van der Waals surface area contributed by atoms with Crippen LogP contribution in [0, 0.1) is 0 Å². The van der Waals surface area contributed by atoms with Crippen LogP contribution in [0.15, 0.2) is 48.5 Å². The summed E-state index contributed by atoms with van der Waals surface area (Å²) in [5.41, 5.74) is 1.83. The first-order valence-electron chi connectivity index (χ1n) is 9.89. The zero-order chi connectivity index (χ0) is 22.6. The number of amides is 2. The molecule has 8 heteroatoms. The van der Waals surface area contributed by atoms with Crippen LogP contribution >= 0.6 is 0 Å². The van der Waals surface area contributed by atoms with Crippen LogP contribution in [0.1, 0.15) is 35.7 Å². The Hall–Kier alpha value is -3.68. The highest BCUT2D eigenvalue weighted by Crippen LogP contribution is 2.15. The molecule has 0 heterocycles. The van der Waals surface area contributed by atoms with Crippen LogP contribution in [0.4, 0.5) is 5.69 Å². The van der Waals surface area contributed by atoms with Gasteiger partial charge in [0.05, 0.1) is 20.1 Å². The molecule has 0 aliphatic rings. The third-order valence-electron chi connectivity index (χ3n) is 4.33. The SMILES string of the molecule is CCOc1ccc(C(=O)CCC(=O)Nc2ccc(CC(=O)NCC(=O)OC)cc2)cc1. The monoisotopic (exact) mass is 426 g/mol. The highest BCUT2D eigenvalue weighted by atomic mass is 16.5. The predicted octanol–water partition coefficient (Wildman–Crippen LogP) is 2.52. The van der Waals surface area contributed by atoms with Gasteiger partial charge in [-0.3, -0.25) is 19.2 Å². The molecule has 2 amide bonds. The Kier molecular flexibility index (Phi) is 9.22. The van der Waals surface area contributed by atoms with Gasteiger partial charge in [-0.2, -0.15) is 0 Å². The lowest BCUT2D eigenvalue weighted by Crippen LogP contribution is -2.31. The summed E-state index contributed by atoms with van der Waals surface area (Å²) in [6.45, 7) is 2.26. The van der Waals surface area contributed by atoms with Crippen LogP contribution in [-0.4, -0.2) is 43.8 Å². The molecule has 2 aromatic rings. The molecule has 0 spiro atoms. The van der Waals surface area contributed by atoms with Crippen LogP contribution in [0.25, 0.3) is 0 Å². The molecule has 0 saturated heterocycles. The Labute approximate surface area is 180 Å². The molecule has 0 aliphatic carbocycles. The molecule has 0 atom stereocenters. The fraction of sp³-hybridized carbons (Fsp3) is 0.304. The van der Waals surface area contributed by atoms with Gasteiger partial charge in [-0.1, -0.05) is 12.1 Å². The van der Waals surface area contributed by atoms with E-state index < -0.39 is 5.97 Å². The van der Waals surface area contributed by atoms with Gasteiger partial charge in [-0.15, -0.1) is 0 Å². The molecule has 0 fully saturated rings. The number of carbonyl (C=O) groups is 4. The number of benzene rings is 2. The van der Waals surface area contributed by atoms with E-state index in [2.05, 4.69) is 15.4 Å². The van der Waals surface area contributed by atoms with Crippen molar-refractivity contribution in [2.24, 2.45) is 0 Å². The largest absolute Gasteiger partial charge is 0.494 e. The number of hydrogen-bond donors (Lipinski definition) is 2. The van der Waals surface area contributed by atoms with Gasteiger partial charge < -0.3 is 20.1 Å². The van der Waals surface area contributed by atoms with Crippen molar-refractivity contribution in [1.82, 2.24) is 5.32 Å². The van der Waals surface area contributed by atoms with E-state index >= 15 is 0 Å². The van der Waals surface area contributed by atoms with E-state index in [4.69, 9.17) is 4.74 Å². The third kappa shape index (κ3) is 8.30. The summed E-state index contributed by atoms with van der Waals surface area (Å²) < 4.78 is 9.80. The molecule has 2 rings (SSSR count). The second-order valence-electron chi connectivity index (χ2n) is 6.66. The summed E-state index contributed by atoms with van der Waals surface area (Å²) in [4.78, 5) is 47.2. The van der Waals surface area contributed by atoms with E-state index in [0.29, 0.717) is 23.6 Å². The number of nitrogens with one attached hydrogen (secondary N) is 2. The standard InChI is InChI=1S/C23H26N2O6/c1-3-31-19-10-6-17(7-11-19)20(26)12-13-21(27)25-18-8-4-16(5-9-18)14-22(28)24-15-23(29)30-2/h4-11H,3,12-15H2,1-2H3,(H,24,28)(H,25,27). The Bertz CT molecular complexity index is 907. The topological polar surface area (TPSA) is 111 Å². The first kappa shape index (κ1) is 23.6. The number of rotatable bonds is 11. The fourth-order valence-corrected chi connectivity index (χ4v) is 2.70. The number of ether oxygens (including phenoxy) is 2. The molecule has 31 heavy (non-hydrogen) atoms. The first-order chi connectivity index (χ1) is 14.9. The number of ketones is 1. The van der Waals surface area contributed by atoms with E-state index in [0.717, 1.165) is 5.56 Å². The zero-order valence-corrected chi connectivity index (χ0v) is 17.6. The van der Waals surface area contributed by atoms with Gasteiger partial charge in [-0.05, 0) is 48.9 Å². The highest BCUT2D eigenvalue weighted by Gasteiger charge is 2.11. The van der Waals surface area contributed by atoms with Crippen molar-refractivity contribution in [3.63, 3.8) is 0 Å². The number of carbonyl (C=O) groups excluding carboxylic acids is 4. The van der Waals surface area contributed by atoms with E-state index in [1.807, 2.05) is 6.92 Å². The fourth-order valence-electron chi connectivity index (χ4n) is 2.70. The molecule has 0 aromatic heterocycles. The molecule has 2 aromatic carbocycles. The maximum atomic E-state index is 12.2. The Morgan fingerprint density at radius 1 is 0.871 bits per heavy atom. The number of anilines is 1. The quantitative estimate of drug-likeness (QED) is 0.422. The molecule has 8 nitrogen and oxygen atoms in total. The second-order valence-corrected chi connectivity index (χ2v) is 6.66. The van der Waals surface area contributed by atoms with E-state index in [-0.39, 0.29) is 43.4 Å². The van der Waals surface area contributed by atoms with Gasteiger partial charge >= 0.3 is 5.97 Å². The summed E-state index contributed by atoms with van der Waals surface area (Å²) in [6.07, 6.45) is 0.254. The van der Waals surface area contributed by atoms with Crippen molar-refractivity contribution in [3.8, 4) is 5.75 Å². The van der Waals surface area contributed by atoms with E-state index in [1.165, 1.54) is 7.11 Å². The Balaban J connectivity index is 1.77. The van der Waals surface area contributed by atoms with Crippen molar-refractivity contribution < 1.29 is 28.7 Å². The summed E-state index contributed by atoms with van der Waals surface area (Å²) in [5, 5.41) is 5.19. The smallest absolute Gasteiger partial charge is 0.325 e. The molecular weight excluding hydrogens is 400 g/mol. The van der Waals surface area contributed by atoms with Crippen LogP contribution in [0.3, 0.4) is 0 Å². The summed E-state index contributed by atoms with van der Waals surface area (Å²) in [5.74, 6) is -0.530. The lowest BCUT2D eigenvalue weighted by Gasteiger charge is -2.08. The number of hydrogen-bond acceptors (Lipinski definition) is 6. The molecule has 0 radical (unpaired) electrons. The van der Waals surface area contributed by atoms with Gasteiger partial charge in [-0.25, -0.2) is 0 Å². The van der Waals surface area contributed by atoms with Gasteiger partial charge in [0, 0.05) is 24.1 Å². The average Bonchev–Trinajstić information content (AvgIpc) is 2.78. The van der Waals surface area contributed by atoms with Gasteiger partial charge in [0.1, 0.15) is 12.3 Å². The zero-order valence-electron chi connectivity index (χ0n) is 17.6. The minimum Gasteiger partial charge on any atom is -0.494 e. The molecule has 0 bridgehead atoms. The van der Waals surface area contributed by atoms with Crippen LogP contribution in [0.2, 0.25) is 0 Å². The van der Waals surface area contributed by atoms with Crippen molar-refractivity contribution in [2.75, 3.05) is 25.6 Å². The Morgan fingerprint density at radius 3 is 2.16 bits per heavy atom. The molecule has 164 valence electrons. The average molecular weight is 426 g/mol. The lowest BCUT2D eigenvalue weighted by molar-refractivity contribution is -0.141. The molecule has 0 unspecified atom stereocenters.